The summed E-state index contributed by atoms with van der Waals surface area (Å²) in [7, 11) is 0. The zero-order valence-electron chi connectivity index (χ0n) is 14.1. The van der Waals surface area contributed by atoms with Gasteiger partial charge >= 0.3 is 0 Å². The molecule has 1 saturated carbocycles. The molecule has 0 amide bonds. The van der Waals surface area contributed by atoms with Crippen LogP contribution in [0.15, 0.2) is 12.4 Å². The van der Waals surface area contributed by atoms with E-state index in [9.17, 15) is 0 Å². The normalized spacial score (nSPS) is 20.0. The fourth-order valence-corrected chi connectivity index (χ4v) is 5.15. The molecule has 0 unspecified atom stereocenters. The Bertz CT molecular complexity index is 748. The van der Waals surface area contributed by atoms with Crippen LogP contribution in [-0.4, -0.2) is 44.6 Å². The van der Waals surface area contributed by atoms with E-state index in [0.717, 1.165) is 43.0 Å². The molecular formula is C16H23ClN6S. The lowest BCUT2D eigenvalue weighted by Crippen LogP contribution is -2.66. The van der Waals surface area contributed by atoms with Crippen molar-refractivity contribution in [2.45, 2.75) is 39.2 Å². The number of aromatic nitrogens is 3. The van der Waals surface area contributed by atoms with Gasteiger partial charge in [-0.05, 0) is 37.8 Å². The molecule has 4 rings (SSSR count). The molecule has 1 spiro atoms. The molecule has 2 N–H and O–H groups in total. The van der Waals surface area contributed by atoms with E-state index in [-0.39, 0.29) is 0 Å². The average molecular weight is 367 g/mol. The first-order valence-corrected chi connectivity index (χ1v) is 9.65. The van der Waals surface area contributed by atoms with Gasteiger partial charge in [-0.25, -0.2) is 13.8 Å². The first-order chi connectivity index (χ1) is 11.6. The summed E-state index contributed by atoms with van der Waals surface area (Å²) in [6.07, 6.45) is 5.20. The van der Waals surface area contributed by atoms with Crippen LogP contribution in [0.3, 0.4) is 0 Å². The molecule has 1 aliphatic carbocycles. The van der Waals surface area contributed by atoms with Crippen LogP contribution in [0.4, 0.5) is 5.82 Å². The number of rotatable bonds is 5. The van der Waals surface area contributed by atoms with Gasteiger partial charge in [0.05, 0.1) is 0 Å². The van der Waals surface area contributed by atoms with Crippen LogP contribution in [0.25, 0.3) is 5.52 Å². The summed E-state index contributed by atoms with van der Waals surface area (Å²) in [6.45, 7) is 7.46. The molecule has 1 aliphatic heterocycles. The molecule has 0 aromatic carbocycles. The lowest BCUT2D eigenvalue weighted by atomic mass is 9.60. The van der Waals surface area contributed by atoms with Crippen LogP contribution in [0.1, 0.15) is 31.7 Å². The van der Waals surface area contributed by atoms with Gasteiger partial charge in [0.25, 0.3) is 0 Å². The molecule has 0 bridgehead atoms. The second-order valence-corrected chi connectivity index (χ2v) is 8.23. The second-order valence-electron chi connectivity index (χ2n) is 7.16. The minimum atomic E-state index is 0.443. The van der Waals surface area contributed by atoms with E-state index in [1.807, 2.05) is 6.07 Å². The number of halogens is 1. The van der Waals surface area contributed by atoms with Gasteiger partial charge < -0.3 is 4.90 Å². The van der Waals surface area contributed by atoms with Crippen molar-refractivity contribution in [2.75, 3.05) is 24.5 Å². The summed E-state index contributed by atoms with van der Waals surface area (Å²) >= 11 is 7.64. The van der Waals surface area contributed by atoms with Crippen LogP contribution in [-0.2, 0) is 0 Å². The largest absolute Gasteiger partial charge is 0.354 e. The maximum Gasteiger partial charge on any atom is 0.156 e. The second kappa shape index (κ2) is 6.05. The Balaban J connectivity index is 1.46. The highest BCUT2D eigenvalue weighted by Crippen LogP contribution is 2.52. The highest BCUT2D eigenvalue weighted by molar-refractivity contribution is 7.94. The van der Waals surface area contributed by atoms with Gasteiger partial charge in [0.15, 0.2) is 5.82 Å². The minimum absolute atomic E-state index is 0.443. The highest BCUT2D eigenvalue weighted by atomic mass is 35.5. The van der Waals surface area contributed by atoms with Crippen LogP contribution >= 0.6 is 23.7 Å². The van der Waals surface area contributed by atoms with Crippen molar-refractivity contribution in [3.63, 3.8) is 0 Å². The Hall–Kier alpha value is -1.02. The van der Waals surface area contributed by atoms with Gasteiger partial charge in [0.2, 0.25) is 0 Å². The van der Waals surface area contributed by atoms with Crippen molar-refractivity contribution < 1.29 is 0 Å². The SMILES string of the molecule is CCCN(SN)C1CC2(C1)CN(c1ncnn3c(Cl)cc(C)c13)C2. The third kappa shape index (κ3) is 2.49. The van der Waals surface area contributed by atoms with Gasteiger partial charge in [0.1, 0.15) is 17.0 Å². The Morgan fingerprint density at radius 2 is 2.21 bits per heavy atom. The van der Waals surface area contributed by atoms with E-state index in [1.54, 1.807) is 10.8 Å². The third-order valence-corrected chi connectivity index (χ3v) is 6.38. The molecule has 6 nitrogen and oxygen atoms in total. The number of hydrogen-bond acceptors (Lipinski definition) is 6. The molecule has 2 aromatic rings. The summed E-state index contributed by atoms with van der Waals surface area (Å²) in [6, 6.07) is 2.57. The Kier molecular flexibility index (Phi) is 4.15. The van der Waals surface area contributed by atoms with E-state index in [2.05, 4.69) is 33.1 Å². The van der Waals surface area contributed by atoms with Gasteiger partial charge in [-0.2, -0.15) is 5.10 Å². The first-order valence-electron chi connectivity index (χ1n) is 8.44. The number of aryl methyl sites for hydroxylation is 1. The minimum Gasteiger partial charge on any atom is -0.354 e. The zero-order chi connectivity index (χ0) is 16.9. The molecular weight excluding hydrogens is 344 g/mol. The lowest BCUT2D eigenvalue weighted by molar-refractivity contribution is 0.0171. The van der Waals surface area contributed by atoms with Crippen molar-refractivity contribution in [1.29, 1.82) is 0 Å². The van der Waals surface area contributed by atoms with E-state index in [1.165, 1.54) is 25.0 Å². The van der Waals surface area contributed by atoms with Gasteiger partial charge in [-0.15, -0.1) is 0 Å². The predicted octanol–water partition coefficient (Wildman–Crippen LogP) is 2.89. The van der Waals surface area contributed by atoms with Crippen LogP contribution in [0.5, 0.6) is 0 Å². The van der Waals surface area contributed by atoms with Crippen LogP contribution < -0.4 is 10.0 Å². The van der Waals surface area contributed by atoms with Crippen LogP contribution in [0.2, 0.25) is 5.15 Å². The predicted molar refractivity (Wildman–Crippen MR) is 99.2 cm³/mol. The summed E-state index contributed by atoms with van der Waals surface area (Å²) in [5.74, 6) is 1.00. The van der Waals surface area contributed by atoms with Crippen molar-refractivity contribution in [1.82, 2.24) is 18.9 Å². The summed E-state index contributed by atoms with van der Waals surface area (Å²) in [5.41, 5.74) is 2.59. The standard InChI is InChI=1S/C16H23ClN6S/c1-3-4-22(24-18)12-6-16(7-12)8-21(9-16)15-14-11(2)5-13(17)23(14)20-10-19-15/h5,10,12H,3-4,6-9,18H2,1-2H3. The van der Waals surface area contributed by atoms with Crippen molar-refractivity contribution in [3.8, 4) is 0 Å². The molecule has 0 radical (unpaired) electrons. The molecule has 2 aromatic heterocycles. The maximum absolute atomic E-state index is 6.24. The van der Waals surface area contributed by atoms with Crippen molar-refractivity contribution in [3.05, 3.63) is 23.1 Å². The molecule has 8 heteroatoms. The number of nitrogens with two attached hydrogens (primary N) is 1. The Labute approximate surface area is 151 Å². The van der Waals surface area contributed by atoms with E-state index >= 15 is 0 Å². The fraction of sp³-hybridized carbons (Fsp3) is 0.625. The Morgan fingerprint density at radius 1 is 1.46 bits per heavy atom. The smallest absolute Gasteiger partial charge is 0.156 e. The van der Waals surface area contributed by atoms with Gasteiger partial charge in [-0.1, -0.05) is 18.5 Å². The van der Waals surface area contributed by atoms with Crippen molar-refractivity contribution in [2.24, 2.45) is 10.6 Å². The number of nitrogens with zero attached hydrogens (tertiary/aromatic N) is 5. The Morgan fingerprint density at radius 3 is 2.88 bits per heavy atom. The molecule has 130 valence electrons. The number of anilines is 1. The summed E-state index contributed by atoms with van der Waals surface area (Å²) in [5, 5.41) is 10.7. The summed E-state index contributed by atoms with van der Waals surface area (Å²) in [4.78, 5) is 6.89. The van der Waals surface area contributed by atoms with Gasteiger partial charge in [0, 0.05) is 43.2 Å². The van der Waals surface area contributed by atoms with Crippen LogP contribution in [0, 0.1) is 12.3 Å². The maximum atomic E-state index is 6.24. The van der Waals surface area contributed by atoms with Crippen molar-refractivity contribution >= 4 is 35.1 Å². The molecule has 24 heavy (non-hydrogen) atoms. The first kappa shape index (κ1) is 16.4. The molecule has 2 aliphatic rings. The molecule has 2 fully saturated rings. The topological polar surface area (TPSA) is 62.7 Å². The zero-order valence-corrected chi connectivity index (χ0v) is 15.6. The van der Waals surface area contributed by atoms with E-state index < -0.39 is 0 Å². The fourth-order valence-electron chi connectivity index (χ4n) is 4.25. The highest BCUT2D eigenvalue weighted by Gasteiger charge is 2.54. The quantitative estimate of drug-likeness (QED) is 0.821. The molecule has 3 heterocycles. The van der Waals surface area contributed by atoms with Gasteiger partial charge in [-0.3, -0.25) is 5.14 Å². The van der Waals surface area contributed by atoms with E-state index in [0.29, 0.717) is 16.6 Å². The number of fused-ring (bicyclic) bond motifs is 1. The summed E-state index contributed by atoms with van der Waals surface area (Å²) < 4.78 is 4.12. The van der Waals surface area contributed by atoms with E-state index in [4.69, 9.17) is 16.7 Å². The number of hydrogen-bond donors (Lipinski definition) is 1. The lowest BCUT2D eigenvalue weighted by Gasteiger charge is -2.61. The monoisotopic (exact) mass is 366 g/mol. The average Bonchev–Trinajstić information content (AvgIpc) is 2.79. The third-order valence-electron chi connectivity index (χ3n) is 5.36. The molecule has 1 saturated heterocycles. The molecule has 0 atom stereocenters.